The molecule has 0 aliphatic carbocycles. The molecule has 0 fully saturated rings. The molecule has 0 aliphatic rings. The number of aromatic nitrogens is 2. The Bertz CT molecular complexity index is 546. The maximum absolute atomic E-state index is 5.89. The molecule has 2 rings (SSSR count). The van der Waals surface area contributed by atoms with Crippen molar-refractivity contribution in [1.29, 1.82) is 0 Å². The summed E-state index contributed by atoms with van der Waals surface area (Å²) in [4.78, 5) is 4.37. The lowest BCUT2D eigenvalue weighted by atomic mass is 10.1. The number of methoxy groups -OCH3 is 2. The Balaban J connectivity index is 2.36. The third-order valence-electron chi connectivity index (χ3n) is 3.08. The highest BCUT2D eigenvalue weighted by Gasteiger charge is 2.19. The van der Waals surface area contributed by atoms with E-state index < -0.39 is 0 Å². The van der Waals surface area contributed by atoms with E-state index in [1.807, 2.05) is 25.1 Å². The molecule has 0 aliphatic heterocycles. The van der Waals surface area contributed by atoms with Gasteiger partial charge in [0.25, 0.3) is 5.89 Å². The highest BCUT2D eigenvalue weighted by molar-refractivity contribution is 5.70. The Morgan fingerprint density at radius 1 is 1.25 bits per heavy atom. The van der Waals surface area contributed by atoms with Crippen molar-refractivity contribution < 1.29 is 14.0 Å². The summed E-state index contributed by atoms with van der Waals surface area (Å²) in [6, 6.07) is 5.50. The molecule has 0 bridgehead atoms. The second kappa shape index (κ2) is 6.38. The SMILES string of the molecule is CCC(N)Cc1noc(-c2c(OC)cccc2OC)n1. The van der Waals surface area contributed by atoms with E-state index in [0.717, 1.165) is 6.42 Å². The Kier molecular flexibility index (Phi) is 4.57. The van der Waals surface area contributed by atoms with Gasteiger partial charge in [0.15, 0.2) is 5.82 Å². The smallest absolute Gasteiger partial charge is 0.265 e. The van der Waals surface area contributed by atoms with Crippen molar-refractivity contribution >= 4 is 0 Å². The Labute approximate surface area is 117 Å². The van der Waals surface area contributed by atoms with E-state index in [1.165, 1.54) is 0 Å². The van der Waals surface area contributed by atoms with E-state index >= 15 is 0 Å². The highest BCUT2D eigenvalue weighted by atomic mass is 16.5. The summed E-state index contributed by atoms with van der Waals surface area (Å²) in [5.74, 6) is 2.21. The molecule has 0 radical (unpaired) electrons. The minimum atomic E-state index is 0.0278. The fourth-order valence-electron chi connectivity index (χ4n) is 1.88. The maximum atomic E-state index is 5.89. The molecular weight excluding hydrogens is 258 g/mol. The van der Waals surface area contributed by atoms with Crippen LogP contribution in [0.1, 0.15) is 19.2 Å². The fraction of sp³-hybridized carbons (Fsp3) is 0.429. The van der Waals surface area contributed by atoms with Crippen LogP contribution in [0.5, 0.6) is 11.5 Å². The average molecular weight is 277 g/mol. The summed E-state index contributed by atoms with van der Waals surface area (Å²) in [5, 5.41) is 3.95. The van der Waals surface area contributed by atoms with Gasteiger partial charge in [-0.1, -0.05) is 18.1 Å². The quantitative estimate of drug-likeness (QED) is 0.869. The van der Waals surface area contributed by atoms with Crippen molar-refractivity contribution in [2.75, 3.05) is 14.2 Å². The number of ether oxygens (including phenoxy) is 2. The van der Waals surface area contributed by atoms with Crippen LogP contribution in [0.25, 0.3) is 11.5 Å². The summed E-state index contributed by atoms with van der Waals surface area (Å²) in [6.07, 6.45) is 1.44. The van der Waals surface area contributed by atoms with E-state index in [-0.39, 0.29) is 6.04 Å². The van der Waals surface area contributed by atoms with E-state index in [9.17, 15) is 0 Å². The minimum Gasteiger partial charge on any atom is -0.496 e. The molecule has 2 N–H and O–H groups in total. The molecule has 108 valence electrons. The molecule has 0 saturated carbocycles. The first kappa shape index (κ1) is 14.3. The molecule has 0 spiro atoms. The monoisotopic (exact) mass is 277 g/mol. The standard InChI is InChI=1S/C14H19N3O3/c1-4-9(15)8-12-16-14(20-17-12)13-10(18-2)6-5-7-11(13)19-3/h5-7,9H,4,8,15H2,1-3H3. The molecule has 1 heterocycles. The van der Waals surface area contributed by atoms with Gasteiger partial charge in [0.1, 0.15) is 17.1 Å². The number of hydrogen-bond donors (Lipinski definition) is 1. The van der Waals surface area contributed by atoms with E-state index in [1.54, 1.807) is 14.2 Å². The van der Waals surface area contributed by atoms with Gasteiger partial charge < -0.3 is 19.7 Å². The number of benzene rings is 1. The van der Waals surface area contributed by atoms with E-state index in [4.69, 9.17) is 19.7 Å². The molecule has 1 atom stereocenters. The van der Waals surface area contributed by atoms with Crippen LogP contribution in [0.2, 0.25) is 0 Å². The molecule has 6 heteroatoms. The number of nitrogens with two attached hydrogens (primary N) is 1. The van der Waals surface area contributed by atoms with Crippen molar-refractivity contribution in [2.24, 2.45) is 5.73 Å². The summed E-state index contributed by atoms with van der Waals surface area (Å²) in [5.41, 5.74) is 6.55. The highest BCUT2D eigenvalue weighted by Crippen LogP contribution is 2.37. The van der Waals surface area contributed by atoms with Crippen LogP contribution < -0.4 is 15.2 Å². The van der Waals surface area contributed by atoms with Crippen LogP contribution in [0.15, 0.2) is 22.7 Å². The first-order chi connectivity index (χ1) is 9.69. The summed E-state index contributed by atoms with van der Waals surface area (Å²) >= 11 is 0. The minimum absolute atomic E-state index is 0.0278. The zero-order chi connectivity index (χ0) is 14.5. The lowest BCUT2D eigenvalue weighted by Crippen LogP contribution is -2.21. The normalized spacial score (nSPS) is 12.2. The molecule has 1 aromatic heterocycles. The largest absolute Gasteiger partial charge is 0.496 e. The van der Waals surface area contributed by atoms with Gasteiger partial charge in [-0.15, -0.1) is 0 Å². The lowest BCUT2D eigenvalue weighted by molar-refractivity contribution is 0.384. The summed E-state index contributed by atoms with van der Waals surface area (Å²) < 4.78 is 15.9. The third-order valence-corrected chi connectivity index (χ3v) is 3.08. The van der Waals surface area contributed by atoms with Gasteiger partial charge >= 0.3 is 0 Å². The van der Waals surface area contributed by atoms with Gasteiger partial charge in [-0.3, -0.25) is 0 Å². The Morgan fingerprint density at radius 2 is 1.90 bits per heavy atom. The van der Waals surface area contributed by atoms with Gasteiger partial charge in [-0.25, -0.2) is 0 Å². The molecule has 20 heavy (non-hydrogen) atoms. The molecular formula is C14H19N3O3. The molecule has 6 nitrogen and oxygen atoms in total. The lowest BCUT2D eigenvalue weighted by Gasteiger charge is -2.09. The third kappa shape index (κ3) is 2.91. The number of nitrogens with zero attached hydrogens (tertiary/aromatic N) is 2. The molecule has 0 amide bonds. The van der Waals surface area contributed by atoms with Gasteiger partial charge in [-0.2, -0.15) is 4.98 Å². The first-order valence-corrected chi connectivity index (χ1v) is 6.49. The van der Waals surface area contributed by atoms with Crippen molar-refractivity contribution in [3.63, 3.8) is 0 Å². The number of hydrogen-bond acceptors (Lipinski definition) is 6. The summed E-state index contributed by atoms with van der Waals surface area (Å²) in [7, 11) is 3.17. The zero-order valence-corrected chi connectivity index (χ0v) is 11.9. The second-order valence-corrected chi connectivity index (χ2v) is 4.43. The molecule has 1 aromatic carbocycles. The van der Waals surface area contributed by atoms with Crippen molar-refractivity contribution in [3.05, 3.63) is 24.0 Å². The van der Waals surface area contributed by atoms with Crippen LogP contribution in [-0.2, 0) is 6.42 Å². The Morgan fingerprint density at radius 3 is 2.45 bits per heavy atom. The van der Waals surface area contributed by atoms with E-state index in [0.29, 0.717) is 35.2 Å². The van der Waals surface area contributed by atoms with Crippen LogP contribution in [0.3, 0.4) is 0 Å². The molecule has 0 saturated heterocycles. The van der Waals surface area contributed by atoms with Gasteiger partial charge in [0.2, 0.25) is 0 Å². The fourth-order valence-corrected chi connectivity index (χ4v) is 1.88. The average Bonchev–Trinajstić information content (AvgIpc) is 2.94. The van der Waals surface area contributed by atoms with Crippen LogP contribution in [0.4, 0.5) is 0 Å². The maximum Gasteiger partial charge on any atom is 0.265 e. The molecule has 2 aromatic rings. The van der Waals surface area contributed by atoms with Gasteiger partial charge in [0, 0.05) is 12.5 Å². The second-order valence-electron chi connectivity index (χ2n) is 4.43. The zero-order valence-electron chi connectivity index (χ0n) is 11.9. The van der Waals surface area contributed by atoms with Crippen LogP contribution in [-0.4, -0.2) is 30.4 Å². The van der Waals surface area contributed by atoms with Crippen molar-refractivity contribution in [1.82, 2.24) is 10.1 Å². The topological polar surface area (TPSA) is 83.4 Å². The van der Waals surface area contributed by atoms with Crippen molar-refractivity contribution in [3.8, 4) is 23.0 Å². The number of rotatable bonds is 6. The predicted octanol–water partition coefficient (Wildman–Crippen LogP) is 2.03. The van der Waals surface area contributed by atoms with Crippen molar-refractivity contribution in [2.45, 2.75) is 25.8 Å². The van der Waals surface area contributed by atoms with Gasteiger partial charge in [0.05, 0.1) is 14.2 Å². The van der Waals surface area contributed by atoms with E-state index in [2.05, 4.69) is 10.1 Å². The van der Waals surface area contributed by atoms with Crippen LogP contribution in [0, 0.1) is 0 Å². The van der Waals surface area contributed by atoms with Crippen LogP contribution >= 0.6 is 0 Å². The summed E-state index contributed by atoms with van der Waals surface area (Å²) in [6.45, 7) is 2.02. The predicted molar refractivity (Wildman–Crippen MR) is 74.8 cm³/mol. The Hall–Kier alpha value is -2.08. The first-order valence-electron chi connectivity index (χ1n) is 6.49. The van der Waals surface area contributed by atoms with Gasteiger partial charge in [-0.05, 0) is 18.6 Å². The molecule has 1 unspecified atom stereocenters.